The Morgan fingerprint density at radius 2 is 1.81 bits per heavy atom. The van der Waals surface area contributed by atoms with E-state index in [9.17, 15) is 0 Å². The van der Waals surface area contributed by atoms with E-state index in [0.29, 0.717) is 11.3 Å². The van der Waals surface area contributed by atoms with Crippen molar-refractivity contribution in [1.29, 1.82) is 0 Å². The van der Waals surface area contributed by atoms with Crippen LogP contribution in [-0.2, 0) is 0 Å². The summed E-state index contributed by atoms with van der Waals surface area (Å²) in [6, 6.07) is 10.6. The van der Waals surface area contributed by atoms with Gasteiger partial charge in [-0.2, -0.15) is 0 Å². The van der Waals surface area contributed by atoms with E-state index in [2.05, 4.69) is 75.0 Å². The Morgan fingerprint density at radius 1 is 1.10 bits per heavy atom. The number of para-hydroxylation sites is 1. The highest BCUT2D eigenvalue weighted by molar-refractivity contribution is 8.14. The van der Waals surface area contributed by atoms with Gasteiger partial charge >= 0.3 is 0 Å². The van der Waals surface area contributed by atoms with Gasteiger partial charge in [0.25, 0.3) is 0 Å². The Kier molecular flexibility index (Phi) is 6.88. The number of aliphatic imine (C=N–C) groups is 1. The van der Waals surface area contributed by atoms with Gasteiger partial charge in [0.05, 0.1) is 5.69 Å². The van der Waals surface area contributed by atoms with Crippen LogP contribution >= 0.6 is 11.8 Å². The highest BCUT2D eigenvalue weighted by Gasteiger charge is 2.62. The van der Waals surface area contributed by atoms with Gasteiger partial charge in [0.15, 0.2) is 0 Å². The molecule has 1 aromatic rings. The van der Waals surface area contributed by atoms with Gasteiger partial charge < -0.3 is 9.80 Å². The third-order valence-corrected chi connectivity index (χ3v) is 9.31. The van der Waals surface area contributed by atoms with Crippen LogP contribution in [0.15, 0.2) is 46.6 Å². The fourth-order valence-corrected chi connectivity index (χ4v) is 7.15. The van der Waals surface area contributed by atoms with Crippen LogP contribution in [0.1, 0.15) is 59.3 Å². The monoisotopic (exact) mass is 439 g/mol. The molecule has 2 unspecified atom stereocenters. The van der Waals surface area contributed by atoms with E-state index in [1.54, 1.807) is 11.3 Å². The molecule has 0 N–H and O–H groups in total. The Balaban J connectivity index is 1.75. The molecule has 1 aliphatic heterocycles. The van der Waals surface area contributed by atoms with Crippen LogP contribution in [0.4, 0.5) is 5.69 Å². The predicted octanol–water partition coefficient (Wildman–Crippen LogP) is 6.60. The largest absolute Gasteiger partial charge is 0.374 e. The van der Waals surface area contributed by atoms with E-state index in [1.165, 1.54) is 56.7 Å². The number of allylic oxidation sites excluding steroid dienone is 1. The predicted molar refractivity (Wildman–Crippen MR) is 136 cm³/mol. The minimum atomic E-state index is 0.270. The molecule has 1 aromatic carbocycles. The van der Waals surface area contributed by atoms with Crippen LogP contribution in [-0.4, -0.2) is 54.3 Å². The molecule has 2 bridgehead atoms. The van der Waals surface area contributed by atoms with Crippen molar-refractivity contribution in [3.8, 4) is 0 Å². The maximum Gasteiger partial charge on any atom is 0.102 e. The summed E-state index contributed by atoms with van der Waals surface area (Å²) in [5, 5.41) is 1.30. The zero-order valence-electron chi connectivity index (χ0n) is 20.3. The number of hydrogen-bond acceptors (Lipinski definition) is 4. The minimum Gasteiger partial charge on any atom is -0.374 e. The molecule has 0 aromatic heterocycles. The average molecular weight is 440 g/mol. The first-order valence-electron chi connectivity index (χ1n) is 12.3. The maximum absolute atomic E-state index is 5.30. The van der Waals surface area contributed by atoms with Gasteiger partial charge in [-0.05, 0) is 82.6 Å². The van der Waals surface area contributed by atoms with Crippen LogP contribution in [0.5, 0.6) is 0 Å². The molecule has 2 aliphatic carbocycles. The lowest BCUT2D eigenvalue weighted by atomic mass is 9.69. The Bertz CT molecular complexity index is 820. The second kappa shape index (κ2) is 9.31. The molecule has 1 saturated carbocycles. The highest BCUT2D eigenvalue weighted by atomic mass is 32.2. The first-order chi connectivity index (χ1) is 14.8. The van der Waals surface area contributed by atoms with E-state index in [1.807, 2.05) is 11.8 Å². The zero-order valence-corrected chi connectivity index (χ0v) is 21.1. The summed E-state index contributed by atoms with van der Waals surface area (Å²) in [6.07, 6.45) is 7.88. The van der Waals surface area contributed by atoms with Crippen molar-refractivity contribution in [3.05, 3.63) is 41.6 Å². The first-order valence-corrected chi connectivity index (χ1v) is 13.2. The normalized spacial score (nSPS) is 28.1. The summed E-state index contributed by atoms with van der Waals surface area (Å²) in [4.78, 5) is 10.4. The van der Waals surface area contributed by atoms with Gasteiger partial charge in [0.1, 0.15) is 5.04 Å². The van der Waals surface area contributed by atoms with E-state index < -0.39 is 0 Å². The molecule has 3 nitrogen and oxygen atoms in total. The van der Waals surface area contributed by atoms with Crippen molar-refractivity contribution in [2.75, 3.05) is 39.5 Å². The van der Waals surface area contributed by atoms with Crippen LogP contribution < -0.4 is 0 Å². The summed E-state index contributed by atoms with van der Waals surface area (Å²) in [5.74, 6) is 1.75. The number of rotatable bonds is 7. The van der Waals surface area contributed by atoms with E-state index in [-0.39, 0.29) is 5.41 Å². The smallest absolute Gasteiger partial charge is 0.102 e. The SMILES string of the molecule is CN(C)CCCSC(=Nc1ccccc1)C1=C(N2CCCCC2)C2(C)CCC1C2(C)C. The first kappa shape index (κ1) is 22.9. The number of likely N-dealkylation sites (tertiary alicyclic amines) is 1. The van der Waals surface area contributed by atoms with Crippen molar-refractivity contribution in [2.45, 2.75) is 59.3 Å². The summed E-state index contributed by atoms with van der Waals surface area (Å²) in [7, 11) is 4.33. The fraction of sp³-hybridized carbons (Fsp3) is 0.667. The van der Waals surface area contributed by atoms with E-state index in [4.69, 9.17) is 4.99 Å². The lowest BCUT2D eigenvalue weighted by Crippen LogP contribution is -2.40. The molecular formula is C27H41N3S. The average Bonchev–Trinajstić information content (AvgIpc) is 3.09. The van der Waals surface area contributed by atoms with Gasteiger partial charge in [-0.3, -0.25) is 0 Å². The number of hydrogen-bond donors (Lipinski definition) is 0. The molecule has 0 spiro atoms. The van der Waals surface area contributed by atoms with Gasteiger partial charge in [-0.25, -0.2) is 4.99 Å². The maximum atomic E-state index is 5.30. The lowest BCUT2D eigenvalue weighted by molar-refractivity contribution is 0.124. The number of fused-ring (bicyclic) bond motifs is 2. The molecule has 4 heteroatoms. The molecular weight excluding hydrogens is 398 g/mol. The third kappa shape index (κ3) is 4.35. The topological polar surface area (TPSA) is 18.8 Å². The van der Waals surface area contributed by atoms with Crippen LogP contribution in [0.2, 0.25) is 0 Å². The summed E-state index contributed by atoms with van der Waals surface area (Å²) in [5.41, 5.74) is 4.92. The highest BCUT2D eigenvalue weighted by Crippen LogP contribution is 2.69. The number of thioether (sulfide) groups is 1. The molecule has 2 fully saturated rings. The van der Waals surface area contributed by atoms with E-state index in [0.717, 1.165) is 18.0 Å². The van der Waals surface area contributed by atoms with Crippen LogP contribution in [0.3, 0.4) is 0 Å². The molecule has 4 rings (SSSR count). The Morgan fingerprint density at radius 3 is 2.48 bits per heavy atom. The van der Waals surface area contributed by atoms with Crippen molar-refractivity contribution in [3.63, 3.8) is 0 Å². The standard InChI is InChI=1S/C27H41N3S/c1-26(2)22-15-16-27(26,3)24(30-18-10-7-11-19-30)23(22)25(31-20-12-17-29(4)5)28-21-13-8-6-9-14-21/h6,8-9,13-14,22H,7,10-12,15-20H2,1-5H3. The van der Waals surface area contributed by atoms with Crippen molar-refractivity contribution in [1.82, 2.24) is 9.80 Å². The van der Waals surface area contributed by atoms with Gasteiger partial charge in [0.2, 0.25) is 0 Å². The summed E-state index contributed by atoms with van der Waals surface area (Å²) in [6.45, 7) is 11.2. The molecule has 170 valence electrons. The number of piperidine rings is 1. The molecule has 31 heavy (non-hydrogen) atoms. The quantitative estimate of drug-likeness (QED) is 0.271. The molecule has 2 atom stereocenters. The molecule has 0 amide bonds. The third-order valence-electron chi connectivity index (χ3n) is 8.23. The van der Waals surface area contributed by atoms with Gasteiger partial charge in [-0.1, -0.05) is 39.0 Å². The van der Waals surface area contributed by atoms with Gasteiger partial charge in [0, 0.05) is 35.5 Å². The van der Waals surface area contributed by atoms with Crippen LogP contribution in [0, 0.1) is 16.7 Å². The lowest BCUT2D eigenvalue weighted by Gasteiger charge is -2.43. The van der Waals surface area contributed by atoms with Gasteiger partial charge in [-0.15, -0.1) is 11.8 Å². The molecule has 0 radical (unpaired) electrons. The Hall–Kier alpha value is -1.26. The molecule has 3 aliphatic rings. The molecule has 1 heterocycles. The van der Waals surface area contributed by atoms with Crippen LogP contribution in [0.25, 0.3) is 0 Å². The fourth-order valence-electron chi connectivity index (χ4n) is 6.12. The zero-order chi connectivity index (χ0) is 22.1. The summed E-state index contributed by atoms with van der Waals surface area (Å²) < 4.78 is 0. The second-order valence-electron chi connectivity index (χ2n) is 10.7. The Labute approximate surface area is 194 Å². The summed E-state index contributed by atoms with van der Waals surface area (Å²) >= 11 is 2.00. The minimum absolute atomic E-state index is 0.270. The second-order valence-corrected chi connectivity index (χ2v) is 11.8. The molecule has 1 saturated heterocycles. The van der Waals surface area contributed by atoms with Crippen molar-refractivity contribution >= 4 is 22.5 Å². The number of nitrogens with zero attached hydrogens (tertiary/aromatic N) is 3. The van der Waals surface area contributed by atoms with Crippen molar-refractivity contribution in [2.24, 2.45) is 21.7 Å². The number of benzene rings is 1. The van der Waals surface area contributed by atoms with E-state index >= 15 is 0 Å². The van der Waals surface area contributed by atoms with Crippen molar-refractivity contribution < 1.29 is 0 Å².